The van der Waals surface area contributed by atoms with E-state index in [1.54, 1.807) is 6.92 Å². The summed E-state index contributed by atoms with van der Waals surface area (Å²) >= 11 is 1.45. The number of alkyl halides is 3. The van der Waals surface area contributed by atoms with Gasteiger partial charge >= 0.3 is 6.18 Å². The minimum absolute atomic E-state index is 0.225. The van der Waals surface area contributed by atoms with E-state index in [2.05, 4.69) is 5.32 Å². The zero-order valence-electron chi connectivity index (χ0n) is 8.23. The van der Waals surface area contributed by atoms with Crippen LogP contribution in [-0.4, -0.2) is 35.2 Å². The molecule has 3 N–H and O–H groups in total. The molecule has 1 aliphatic rings. The Kier molecular flexibility index (Phi) is 3.55. The van der Waals surface area contributed by atoms with Crippen molar-refractivity contribution in [2.45, 2.75) is 30.3 Å². The predicted molar refractivity (Wildman–Crippen MR) is 52.5 cm³/mol. The summed E-state index contributed by atoms with van der Waals surface area (Å²) in [5.41, 5.74) is 3.96. The van der Waals surface area contributed by atoms with Crippen LogP contribution in [0.15, 0.2) is 0 Å². The number of nitrogens with two attached hydrogens (primary N) is 1. The Bertz CT molecular complexity index is 259. The van der Waals surface area contributed by atoms with Gasteiger partial charge in [-0.05, 0) is 12.2 Å². The van der Waals surface area contributed by atoms with Gasteiger partial charge < -0.3 is 5.73 Å². The molecular weight excluding hydrogens is 229 g/mol. The second-order valence-electron chi connectivity index (χ2n) is 3.57. The van der Waals surface area contributed by atoms with Gasteiger partial charge in [-0.25, -0.2) is 0 Å². The zero-order valence-corrected chi connectivity index (χ0v) is 9.04. The summed E-state index contributed by atoms with van der Waals surface area (Å²) in [6, 6.07) is 0. The lowest BCUT2D eigenvalue weighted by Gasteiger charge is -2.31. The molecule has 3 nitrogen and oxygen atoms in total. The summed E-state index contributed by atoms with van der Waals surface area (Å²) in [5.74, 6) is -0.0566. The normalized spacial score (nSPS) is 31.9. The van der Waals surface area contributed by atoms with Crippen LogP contribution in [0.4, 0.5) is 13.2 Å². The predicted octanol–water partition coefficient (Wildman–Crippen LogP) is 0.888. The molecule has 0 aromatic rings. The van der Waals surface area contributed by atoms with Crippen molar-refractivity contribution in [2.24, 2.45) is 5.73 Å². The van der Waals surface area contributed by atoms with Crippen molar-refractivity contribution < 1.29 is 18.0 Å². The van der Waals surface area contributed by atoms with E-state index in [0.29, 0.717) is 12.2 Å². The van der Waals surface area contributed by atoms with Crippen molar-refractivity contribution >= 4 is 17.7 Å². The zero-order chi connectivity index (χ0) is 11.7. The summed E-state index contributed by atoms with van der Waals surface area (Å²) in [7, 11) is 0. The number of thioether (sulfide) groups is 1. The van der Waals surface area contributed by atoms with E-state index in [1.807, 2.05) is 0 Å². The van der Waals surface area contributed by atoms with Crippen molar-refractivity contribution in [2.75, 3.05) is 12.3 Å². The number of rotatable bonds is 3. The molecule has 0 aliphatic carbocycles. The third-order valence-electron chi connectivity index (χ3n) is 2.60. The smallest absolute Gasteiger partial charge is 0.368 e. The van der Waals surface area contributed by atoms with E-state index in [1.165, 1.54) is 11.8 Å². The Hall–Kier alpha value is -0.430. The van der Waals surface area contributed by atoms with E-state index < -0.39 is 24.2 Å². The lowest BCUT2D eigenvalue weighted by molar-refractivity contribution is -0.135. The van der Waals surface area contributed by atoms with E-state index >= 15 is 0 Å². The van der Waals surface area contributed by atoms with Crippen molar-refractivity contribution in [1.29, 1.82) is 0 Å². The average molecular weight is 242 g/mol. The summed E-state index contributed by atoms with van der Waals surface area (Å²) in [4.78, 5) is 11.2. The number of halogens is 3. The SMILES string of the molecule is CC1SCCC1(NCC(F)(F)F)C(N)=O. The molecule has 1 aliphatic heterocycles. The highest BCUT2D eigenvalue weighted by atomic mass is 32.2. The third-order valence-corrected chi connectivity index (χ3v) is 3.94. The van der Waals surface area contributed by atoms with Gasteiger partial charge in [-0.2, -0.15) is 24.9 Å². The highest BCUT2D eigenvalue weighted by Gasteiger charge is 2.47. The quantitative estimate of drug-likeness (QED) is 0.772. The largest absolute Gasteiger partial charge is 0.401 e. The average Bonchev–Trinajstić information content (AvgIpc) is 2.43. The van der Waals surface area contributed by atoms with Crippen LogP contribution in [0.25, 0.3) is 0 Å². The minimum atomic E-state index is -4.32. The Morgan fingerprint density at radius 3 is 2.60 bits per heavy atom. The number of hydrogen-bond donors (Lipinski definition) is 2. The van der Waals surface area contributed by atoms with Crippen LogP contribution in [0.3, 0.4) is 0 Å². The van der Waals surface area contributed by atoms with Crippen LogP contribution in [0.5, 0.6) is 0 Å². The molecule has 15 heavy (non-hydrogen) atoms. The van der Waals surface area contributed by atoms with Crippen LogP contribution in [0, 0.1) is 0 Å². The van der Waals surface area contributed by atoms with Gasteiger partial charge in [0.25, 0.3) is 0 Å². The van der Waals surface area contributed by atoms with Gasteiger partial charge in [-0.1, -0.05) is 6.92 Å². The molecule has 0 bridgehead atoms. The van der Waals surface area contributed by atoms with Gasteiger partial charge in [-0.3, -0.25) is 10.1 Å². The molecule has 0 saturated carbocycles. The van der Waals surface area contributed by atoms with Gasteiger partial charge in [0.05, 0.1) is 6.54 Å². The molecule has 2 unspecified atom stereocenters. The maximum atomic E-state index is 12.0. The molecule has 1 heterocycles. The first-order valence-corrected chi connectivity index (χ1v) is 5.56. The molecule has 0 aromatic heterocycles. The standard InChI is InChI=1S/C8H13F3N2OS/c1-5-7(6(12)14,2-3-15-5)13-4-8(9,10)11/h5,13H,2-4H2,1H3,(H2,12,14). The van der Waals surface area contributed by atoms with Crippen LogP contribution in [-0.2, 0) is 4.79 Å². The maximum absolute atomic E-state index is 12.0. The van der Waals surface area contributed by atoms with Crippen molar-refractivity contribution in [1.82, 2.24) is 5.32 Å². The van der Waals surface area contributed by atoms with Gasteiger partial charge in [0.15, 0.2) is 0 Å². The molecular formula is C8H13F3N2OS. The highest BCUT2D eigenvalue weighted by Crippen LogP contribution is 2.36. The maximum Gasteiger partial charge on any atom is 0.401 e. The Morgan fingerprint density at radius 1 is 1.67 bits per heavy atom. The van der Waals surface area contributed by atoms with Crippen LogP contribution in [0.1, 0.15) is 13.3 Å². The first-order chi connectivity index (χ1) is 6.78. The van der Waals surface area contributed by atoms with Gasteiger partial charge in [0.1, 0.15) is 5.54 Å². The lowest BCUT2D eigenvalue weighted by Crippen LogP contribution is -2.60. The topological polar surface area (TPSA) is 55.1 Å². The minimum Gasteiger partial charge on any atom is -0.368 e. The van der Waals surface area contributed by atoms with Gasteiger partial charge in [0, 0.05) is 5.25 Å². The number of nitrogens with one attached hydrogen (secondary N) is 1. The van der Waals surface area contributed by atoms with E-state index in [9.17, 15) is 18.0 Å². The third kappa shape index (κ3) is 2.78. The summed E-state index contributed by atoms with van der Waals surface area (Å²) in [6.07, 6.45) is -3.97. The van der Waals surface area contributed by atoms with E-state index in [4.69, 9.17) is 5.73 Å². The Balaban J connectivity index is 2.71. The van der Waals surface area contributed by atoms with Gasteiger partial charge in [-0.15, -0.1) is 0 Å². The number of amides is 1. The first kappa shape index (κ1) is 12.6. The Labute approximate surface area is 90.0 Å². The fraction of sp³-hybridized carbons (Fsp3) is 0.875. The highest BCUT2D eigenvalue weighted by molar-refractivity contribution is 8.00. The van der Waals surface area contributed by atoms with E-state index in [0.717, 1.165) is 0 Å². The van der Waals surface area contributed by atoms with Crippen LogP contribution in [0.2, 0.25) is 0 Å². The molecule has 88 valence electrons. The molecule has 1 fully saturated rings. The summed E-state index contributed by atoms with van der Waals surface area (Å²) in [5, 5.41) is 2.04. The van der Waals surface area contributed by atoms with Crippen molar-refractivity contribution in [3.63, 3.8) is 0 Å². The molecule has 0 spiro atoms. The number of hydrogen-bond acceptors (Lipinski definition) is 3. The Morgan fingerprint density at radius 2 is 2.27 bits per heavy atom. The molecule has 1 rings (SSSR count). The molecule has 0 aromatic carbocycles. The number of carbonyl (C=O) groups is 1. The molecule has 7 heteroatoms. The molecule has 1 saturated heterocycles. The van der Waals surface area contributed by atoms with Crippen molar-refractivity contribution in [3.8, 4) is 0 Å². The lowest BCUT2D eigenvalue weighted by atomic mass is 9.92. The van der Waals surface area contributed by atoms with E-state index in [-0.39, 0.29) is 5.25 Å². The fourth-order valence-electron chi connectivity index (χ4n) is 1.64. The monoisotopic (exact) mass is 242 g/mol. The summed E-state index contributed by atoms with van der Waals surface area (Å²) < 4.78 is 36.1. The van der Waals surface area contributed by atoms with Crippen molar-refractivity contribution in [3.05, 3.63) is 0 Å². The molecule has 0 radical (unpaired) electrons. The summed E-state index contributed by atoms with van der Waals surface area (Å²) in [6.45, 7) is 0.534. The first-order valence-electron chi connectivity index (χ1n) is 4.51. The molecule has 2 atom stereocenters. The molecule has 1 amide bonds. The van der Waals surface area contributed by atoms with Crippen LogP contribution < -0.4 is 11.1 Å². The number of primary amides is 1. The number of carbonyl (C=O) groups excluding carboxylic acids is 1. The fourth-order valence-corrected chi connectivity index (χ4v) is 3.04. The second kappa shape index (κ2) is 4.21. The van der Waals surface area contributed by atoms with Crippen LogP contribution >= 0.6 is 11.8 Å². The van der Waals surface area contributed by atoms with Gasteiger partial charge in [0.2, 0.25) is 5.91 Å². The second-order valence-corrected chi connectivity index (χ2v) is 5.02.